The van der Waals surface area contributed by atoms with Gasteiger partial charge in [-0.25, -0.2) is 0 Å². The van der Waals surface area contributed by atoms with E-state index in [-0.39, 0.29) is 23.8 Å². The van der Waals surface area contributed by atoms with Crippen LogP contribution in [-0.2, 0) is 32.2 Å². The van der Waals surface area contributed by atoms with Crippen molar-refractivity contribution in [3.63, 3.8) is 0 Å². The molecule has 0 amide bonds. The highest BCUT2D eigenvalue weighted by Gasteiger charge is 2.36. The fourth-order valence-corrected chi connectivity index (χ4v) is 5.19. The lowest BCUT2D eigenvalue weighted by atomic mass is 9.99. The first kappa shape index (κ1) is 27.9. The van der Waals surface area contributed by atoms with Gasteiger partial charge in [-0.2, -0.15) is 0 Å². The Morgan fingerprint density at radius 1 is 0.667 bits per heavy atom. The van der Waals surface area contributed by atoms with E-state index in [0.717, 1.165) is 39.3 Å². The van der Waals surface area contributed by atoms with Crippen LogP contribution >= 0.6 is 0 Å². The average molecular weight is 495 g/mol. The number of benzene rings is 2. The number of likely N-dealkylation sites (tertiary alicyclic amines) is 2. The van der Waals surface area contributed by atoms with Crippen molar-refractivity contribution in [2.24, 2.45) is 23.7 Å². The summed E-state index contributed by atoms with van der Waals surface area (Å²) in [5.41, 5.74) is 2.60. The number of nitrogens with zero attached hydrogens (tertiary/aromatic N) is 2. The van der Waals surface area contributed by atoms with E-state index in [2.05, 4.69) is 72.2 Å². The standard InChI is InChI=1S/2C15H21NO2/c2*1-3-18-15(17)14-11-16(9-12(14)2)10-13-7-5-4-6-8-13/h2*4-8,12,14H,3,9-11H2,1-2H3/t2*12-,14-/m10/s1. The fraction of sp³-hybridized carbons (Fsp3) is 0.533. The molecule has 0 saturated carbocycles. The molecule has 2 aliphatic rings. The highest BCUT2D eigenvalue weighted by molar-refractivity contribution is 5.73. The lowest BCUT2D eigenvalue weighted by Crippen LogP contribution is -2.25. The van der Waals surface area contributed by atoms with E-state index in [9.17, 15) is 9.59 Å². The molecular weight excluding hydrogens is 452 g/mol. The maximum atomic E-state index is 11.8. The van der Waals surface area contributed by atoms with Gasteiger partial charge in [-0.3, -0.25) is 19.4 Å². The van der Waals surface area contributed by atoms with Gasteiger partial charge in [0.2, 0.25) is 0 Å². The van der Waals surface area contributed by atoms with Gasteiger partial charge >= 0.3 is 11.9 Å². The second-order valence-electron chi connectivity index (χ2n) is 10.0. The zero-order chi connectivity index (χ0) is 25.9. The normalized spacial score (nSPS) is 24.1. The van der Waals surface area contributed by atoms with Crippen molar-refractivity contribution < 1.29 is 19.1 Å². The topological polar surface area (TPSA) is 59.1 Å². The second-order valence-corrected chi connectivity index (χ2v) is 10.0. The van der Waals surface area contributed by atoms with Crippen molar-refractivity contribution in [1.82, 2.24) is 9.80 Å². The highest BCUT2D eigenvalue weighted by Crippen LogP contribution is 2.26. The number of hydrogen-bond donors (Lipinski definition) is 0. The van der Waals surface area contributed by atoms with Crippen molar-refractivity contribution >= 4 is 11.9 Å². The Morgan fingerprint density at radius 2 is 1.03 bits per heavy atom. The molecule has 2 aliphatic heterocycles. The second kappa shape index (κ2) is 14.1. The highest BCUT2D eigenvalue weighted by atomic mass is 16.5. The molecule has 0 unspecified atom stereocenters. The molecule has 0 N–H and O–H groups in total. The van der Waals surface area contributed by atoms with Crippen molar-refractivity contribution in [2.45, 2.75) is 40.8 Å². The lowest BCUT2D eigenvalue weighted by Gasteiger charge is -2.15. The minimum Gasteiger partial charge on any atom is -0.466 e. The van der Waals surface area contributed by atoms with Gasteiger partial charge in [0, 0.05) is 39.3 Å². The van der Waals surface area contributed by atoms with Gasteiger partial charge in [-0.1, -0.05) is 74.5 Å². The summed E-state index contributed by atoms with van der Waals surface area (Å²) >= 11 is 0. The summed E-state index contributed by atoms with van der Waals surface area (Å²) in [4.78, 5) is 28.3. The molecule has 0 aliphatic carbocycles. The van der Waals surface area contributed by atoms with E-state index < -0.39 is 0 Å². The van der Waals surface area contributed by atoms with Crippen molar-refractivity contribution in [3.8, 4) is 0 Å². The molecule has 2 saturated heterocycles. The quantitative estimate of drug-likeness (QED) is 0.499. The van der Waals surface area contributed by atoms with Crippen LogP contribution in [0, 0.1) is 23.7 Å². The third-order valence-electron chi connectivity index (χ3n) is 7.05. The number of carbonyl (C=O) groups excluding carboxylic acids is 2. The van der Waals surface area contributed by atoms with E-state index in [0.29, 0.717) is 25.0 Å². The Balaban J connectivity index is 0.000000201. The van der Waals surface area contributed by atoms with Crippen LogP contribution in [0.2, 0.25) is 0 Å². The summed E-state index contributed by atoms with van der Waals surface area (Å²) in [6, 6.07) is 20.8. The molecule has 2 aromatic carbocycles. The van der Waals surface area contributed by atoms with Gasteiger partial charge in [0.05, 0.1) is 25.0 Å². The maximum Gasteiger partial charge on any atom is 0.310 e. The zero-order valence-corrected chi connectivity index (χ0v) is 22.3. The van der Waals surface area contributed by atoms with Crippen molar-refractivity contribution in [3.05, 3.63) is 71.8 Å². The van der Waals surface area contributed by atoms with Crippen LogP contribution in [0.3, 0.4) is 0 Å². The van der Waals surface area contributed by atoms with Crippen LogP contribution in [-0.4, -0.2) is 61.1 Å². The number of esters is 2. The Hall–Kier alpha value is -2.70. The largest absolute Gasteiger partial charge is 0.466 e. The van der Waals surface area contributed by atoms with Crippen LogP contribution < -0.4 is 0 Å². The summed E-state index contributed by atoms with van der Waals surface area (Å²) in [5, 5.41) is 0. The predicted molar refractivity (Wildman–Crippen MR) is 142 cm³/mol. The fourth-order valence-electron chi connectivity index (χ4n) is 5.19. The monoisotopic (exact) mass is 494 g/mol. The Bertz CT molecular complexity index is 859. The van der Waals surface area contributed by atoms with E-state index in [4.69, 9.17) is 9.47 Å². The summed E-state index contributed by atoms with van der Waals surface area (Å²) < 4.78 is 10.3. The first-order valence-corrected chi connectivity index (χ1v) is 13.3. The van der Waals surface area contributed by atoms with Gasteiger partial charge in [0.15, 0.2) is 0 Å². The van der Waals surface area contributed by atoms with Crippen molar-refractivity contribution in [1.29, 1.82) is 0 Å². The summed E-state index contributed by atoms with van der Waals surface area (Å²) in [7, 11) is 0. The first-order chi connectivity index (χ1) is 17.4. The molecule has 4 rings (SSSR count). The molecule has 2 fully saturated rings. The summed E-state index contributed by atoms with van der Waals surface area (Å²) in [5.74, 6) is 0.754. The summed E-state index contributed by atoms with van der Waals surface area (Å²) in [6.07, 6.45) is 0. The van der Waals surface area contributed by atoms with Gasteiger partial charge in [0.1, 0.15) is 0 Å². The molecule has 36 heavy (non-hydrogen) atoms. The molecule has 6 heteroatoms. The van der Waals surface area contributed by atoms with Gasteiger partial charge < -0.3 is 9.47 Å². The van der Waals surface area contributed by atoms with Gasteiger partial charge in [0.25, 0.3) is 0 Å². The molecule has 6 nitrogen and oxygen atoms in total. The Labute approximate surface area is 216 Å². The van der Waals surface area contributed by atoms with E-state index in [1.165, 1.54) is 11.1 Å². The minimum absolute atomic E-state index is 0.0358. The van der Waals surface area contributed by atoms with Crippen LogP contribution in [0.4, 0.5) is 0 Å². The van der Waals surface area contributed by atoms with E-state index in [1.54, 1.807) is 0 Å². The average Bonchev–Trinajstić information content (AvgIpc) is 3.42. The Morgan fingerprint density at radius 3 is 1.36 bits per heavy atom. The molecule has 0 aromatic heterocycles. The lowest BCUT2D eigenvalue weighted by molar-refractivity contribution is -0.149. The van der Waals surface area contributed by atoms with Crippen LogP contribution in [0.5, 0.6) is 0 Å². The predicted octanol–water partition coefficient (Wildman–Crippen LogP) is 4.64. The van der Waals surface area contributed by atoms with Crippen LogP contribution in [0.1, 0.15) is 38.8 Å². The van der Waals surface area contributed by atoms with Crippen LogP contribution in [0.25, 0.3) is 0 Å². The number of hydrogen-bond acceptors (Lipinski definition) is 6. The first-order valence-electron chi connectivity index (χ1n) is 13.3. The molecule has 0 radical (unpaired) electrons. The van der Waals surface area contributed by atoms with Gasteiger partial charge in [-0.15, -0.1) is 0 Å². The molecule has 0 bridgehead atoms. The SMILES string of the molecule is CCOC(=O)[C@@H]1CN(Cc2ccccc2)C[C@H]1C.CCOC(=O)[C@H]1CN(Cc2ccccc2)C[C@@H]1C. The maximum absolute atomic E-state index is 11.8. The third-order valence-corrected chi connectivity index (χ3v) is 7.05. The Kier molecular flexibility index (Phi) is 11.0. The van der Waals surface area contributed by atoms with E-state index >= 15 is 0 Å². The number of carbonyl (C=O) groups is 2. The molecule has 196 valence electrons. The van der Waals surface area contributed by atoms with Gasteiger partial charge in [-0.05, 0) is 36.8 Å². The number of ether oxygens (including phenoxy) is 2. The molecule has 0 spiro atoms. The zero-order valence-electron chi connectivity index (χ0n) is 22.3. The molecular formula is C30H42N2O4. The van der Waals surface area contributed by atoms with Crippen molar-refractivity contribution in [2.75, 3.05) is 39.4 Å². The molecule has 2 heterocycles. The van der Waals surface area contributed by atoms with E-state index in [1.807, 2.05) is 26.0 Å². The molecule has 2 aromatic rings. The third kappa shape index (κ3) is 8.17. The molecule has 4 atom stereocenters. The smallest absolute Gasteiger partial charge is 0.310 e. The summed E-state index contributed by atoms with van der Waals surface area (Å²) in [6.45, 7) is 14.3. The van der Waals surface area contributed by atoms with Crippen LogP contribution in [0.15, 0.2) is 60.7 Å². The minimum atomic E-state index is -0.0411. The number of rotatable bonds is 8.